The molecule has 0 aromatic rings. The number of ether oxygens (including phenoxy) is 1. The summed E-state index contributed by atoms with van der Waals surface area (Å²) in [5.74, 6) is 0.600. The SMILES string of the molecule is O=C(CN1CCOC[C@@H]1[C@H]1CCC[C@@H]1O)N(C1CCCC1)C1CC1. The van der Waals surface area contributed by atoms with Crippen LogP contribution in [0.25, 0.3) is 0 Å². The van der Waals surface area contributed by atoms with Gasteiger partial charge in [0.05, 0.1) is 25.9 Å². The number of aliphatic hydroxyl groups excluding tert-OH is 1. The number of hydrogen-bond acceptors (Lipinski definition) is 4. The van der Waals surface area contributed by atoms with E-state index in [4.69, 9.17) is 4.74 Å². The maximum atomic E-state index is 13.1. The summed E-state index contributed by atoms with van der Waals surface area (Å²) in [5.41, 5.74) is 0. The highest BCUT2D eigenvalue weighted by Gasteiger charge is 2.42. The Hall–Kier alpha value is -0.650. The molecule has 1 aliphatic heterocycles. The first kappa shape index (κ1) is 16.8. The van der Waals surface area contributed by atoms with E-state index in [0.717, 1.165) is 25.8 Å². The molecule has 0 aromatic carbocycles. The van der Waals surface area contributed by atoms with Crippen LogP contribution in [0.3, 0.4) is 0 Å². The van der Waals surface area contributed by atoms with Gasteiger partial charge >= 0.3 is 0 Å². The standard InChI is InChI=1S/C19H32N2O3/c22-18-7-3-6-16(18)17-13-24-11-10-20(17)12-19(23)21(15-8-9-15)14-4-1-2-5-14/h14-18,22H,1-13H2/t16-,17-,18+/m1/s1. The lowest BCUT2D eigenvalue weighted by atomic mass is 9.94. The summed E-state index contributed by atoms with van der Waals surface area (Å²) in [6.45, 7) is 2.72. The third-order valence-electron chi connectivity index (χ3n) is 6.59. The first-order chi connectivity index (χ1) is 11.7. The van der Waals surface area contributed by atoms with Gasteiger partial charge in [-0.2, -0.15) is 0 Å². The molecule has 4 fully saturated rings. The van der Waals surface area contributed by atoms with Crippen LogP contribution in [0.2, 0.25) is 0 Å². The molecule has 5 heteroatoms. The molecule has 4 aliphatic rings. The molecule has 24 heavy (non-hydrogen) atoms. The van der Waals surface area contributed by atoms with Gasteiger partial charge in [0.15, 0.2) is 0 Å². The van der Waals surface area contributed by atoms with Crippen LogP contribution in [0.15, 0.2) is 0 Å². The van der Waals surface area contributed by atoms with Crippen molar-refractivity contribution in [3.05, 3.63) is 0 Å². The van der Waals surface area contributed by atoms with Crippen molar-refractivity contribution in [3.63, 3.8) is 0 Å². The smallest absolute Gasteiger partial charge is 0.237 e. The molecule has 5 nitrogen and oxygen atoms in total. The second kappa shape index (κ2) is 7.30. The molecule has 1 saturated heterocycles. The molecular weight excluding hydrogens is 304 g/mol. The van der Waals surface area contributed by atoms with Gasteiger partial charge in [0.2, 0.25) is 5.91 Å². The third-order valence-corrected chi connectivity index (χ3v) is 6.59. The van der Waals surface area contributed by atoms with Crippen LogP contribution >= 0.6 is 0 Å². The van der Waals surface area contributed by atoms with Crippen LogP contribution in [0.1, 0.15) is 57.8 Å². The van der Waals surface area contributed by atoms with Gasteiger partial charge in [-0.3, -0.25) is 9.69 Å². The Labute approximate surface area is 145 Å². The van der Waals surface area contributed by atoms with Crippen molar-refractivity contribution in [2.24, 2.45) is 5.92 Å². The van der Waals surface area contributed by atoms with Gasteiger partial charge < -0.3 is 14.7 Å². The summed E-state index contributed by atoms with van der Waals surface area (Å²) in [5, 5.41) is 10.3. The number of amides is 1. The van der Waals surface area contributed by atoms with Crippen molar-refractivity contribution in [2.45, 2.75) is 82.0 Å². The van der Waals surface area contributed by atoms with Crippen molar-refractivity contribution in [1.82, 2.24) is 9.80 Å². The van der Waals surface area contributed by atoms with E-state index in [1.807, 2.05) is 0 Å². The minimum Gasteiger partial charge on any atom is -0.393 e. The fraction of sp³-hybridized carbons (Fsp3) is 0.947. The van der Waals surface area contributed by atoms with Crippen molar-refractivity contribution >= 4 is 5.91 Å². The molecule has 1 N–H and O–H groups in total. The molecule has 0 unspecified atom stereocenters. The largest absolute Gasteiger partial charge is 0.393 e. The average molecular weight is 336 g/mol. The van der Waals surface area contributed by atoms with Gasteiger partial charge in [-0.25, -0.2) is 0 Å². The Morgan fingerprint density at radius 1 is 1.04 bits per heavy atom. The van der Waals surface area contributed by atoms with E-state index in [1.165, 1.54) is 38.5 Å². The molecule has 0 spiro atoms. The zero-order valence-electron chi connectivity index (χ0n) is 14.7. The maximum Gasteiger partial charge on any atom is 0.237 e. The molecule has 136 valence electrons. The van der Waals surface area contributed by atoms with Crippen molar-refractivity contribution < 1.29 is 14.6 Å². The summed E-state index contributed by atoms with van der Waals surface area (Å²) >= 11 is 0. The van der Waals surface area contributed by atoms with Crippen LogP contribution in [-0.2, 0) is 9.53 Å². The molecular formula is C19H32N2O3. The summed E-state index contributed by atoms with van der Waals surface area (Å²) in [7, 11) is 0. The molecule has 3 saturated carbocycles. The molecule has 1 heterocycles. The molecule has 0 bridgehead atoms. The van der Waals surface area contributed by atoms with Crippen LogP contribution in [-0.4, -0.2) is 71.3 Å². The van der Waals surface area contributed by atoms with E-state index < -0.39 is 0 Å². The first-order valence-corrected chi connectivity index (χ1v) is 10.0. The van der Waals surface area contributed by atoms with E-state index in [0.29, 0.717) is 37.7 Å². The van der Waals surface area contributed by atoms with Crippen LogP contribution < -0.4 is 0 Å². The number of carbonyl (C=O) groups excluding carboxylic acids is 1. The van der Waals surface area contributed by atoms with Gasteiger partial charge in [-0.05, 0) is 38.5 Å². The fourth-order valence-electron chi connectivity index (χ4n) is 5.16. The average Bonchev–Trinajstić information content (AvgIpc) is 3.07. The predicted octanol–water partition coefficient (Wildman–Crippen LogP) is 1.78. The Kier molecular flexibility index (Phi) is 5.11. The van der Waals surface area contributed by atoms with Gasteiger partial charge in [0, 0.05) is 30.6 Å². The summed E-state index contributed by atoms with van der Waals surface area (Å²) < 4.78 is 5.70. The van der Waals surface area contributed by atoms with Crippen molar-refractivity contribution in [3.8, 4) is 0 Å². The van der Waals surface area contributed by atoms with E-state index >= 15 is 0 Å². The predicted molar refractivity (Wildman–Crippen MR) is 91.7 cm³/mol. The Morgan fingerprint density at radius 3 is 2.46 bits per heavy atom. The van der Waals surface area contributed by atoms with E-state index in [-0.39, 0.29) is 18.1 Å². The second-order valence-electron chi connectivity index (χ2n) is 8.25. The van der Waals surface area contributed by atoms with Crippen LogP contribution in [0, 0.1) is 5.92 Å². The number of aliphatic hydroxyl groups is 1. The molecule has 0 radical (unpaired) electrons. The van der Waals surface area contributed by atoms with E-state index in [1.54, 1.807) is 0 Å². The van der Waals surface area contributed by atoms with E-state index in [2.05, 4.69) is 9.80 Å². The maximum absolute atomic E-state index is 13.1. The number of carbonyl (C=O) groups is 1. The Bertz CT molecular complexity index is 448. The second-order valence-corrected chi connectivity index (χ2v) is 8.25. The highest BCUT2D eigenvalue weighted by molar-refractivity contribution is 5.79. The van der Waals surface area contributed by atoms with Gasteiger partial charge in [-0.15, -0.1) is 0 Å². The molecule has 1 amide bonds. The molecule has 3 atom stereocenters. The molecule has 0 aromatic heterocycles. The van der Waals surface area contributed by atoms with Crippen LogP contribution in [0.5, 0.6) is 0 Å². The van der Waals surface area contributed by atoms with Crippen molar-refractivity contribution in [1.29, 1.82) is 0 Å². The fourth-order valence-corrected chi connectivity index (χ4v) is 5.16. The van der Waals surface area contributed by atoms with Gasteiger partial charge in [0.1, 0.15) is 0 Å². The highest BCUT2D eigenvalue weighted by atomic mass is 16.5. The van der Waals surface area contributed by atoms with Crippen molar-refractivity contribution in [2.75, 3.05) is 26.3 Å². The Balaban J connectivity index is 1.42. The summed E-state index contributed by atoms with van der Waals surface area (Å²) in [4.78, 5) is 17.7. The van der Waals surface area contributed by atoms with Gasteiger partial charge in [0.25, 0.3) is 0 Å². The van der Waals surface area contributed by atoms with Gasteiger partial charge in [-0.1, -0.05) is 19.3 Å². The van der Waals surface area contributed by atoms with Crippen LogP contribution in [0.4, 0.5) is 0 Å². The zero-order valence-corrected chi connectivity index (χ0v) is 14.7. The summed E-state index contributed by atoms with van der Waals surface area (Å²) in [6.07, 6.45) is 10.2. The molecule has 3 aliphatic carbocycles. The molecule has 4 rings (SSSR count). The lowest BCUT2D eigenvalue weighted by Gasteiger charge is -2.41. The lowest BCUT2D eigenvalue weighted by molar-refractivity contribution is -0.139. The number of rotatable bonds is 5. The number of hydrogen-bond donors (Lipinski definition) is 1. The number of nitrogens with zero attached hydrogens (tertiary/aromatic N) is 2. The normalized spacial score (nSPS) is 35.5. The van der Waals surface area contributed by atoms with E-state index in [9.17, 15) is 9.90 Å². The number of morpholine rings is 1. The first-order valence-electron chi connectivity index (χ1n) is 10.0. The highest BCUT2D eigenvalue weighted by Crippen LogP contribution is 2.36. The summed E-state index contributed by atoms with van der Waals surface area (Å²) in [6, 6.07) is 1.21. The lowest BCUT2D eigenvalue weighted by Crippen LogP contribution is -2.55. The Morgan fingerprint density at radius 2 is 1.79 bits per heavy atom. The topological polar surface area (TPSA) is 53.0 Å². The monoisotopic (exact) mass is 336 g/mol. The minimum atomic E-state index is -0.219. The third kappa shape index (κ3) is 3.49. The minimum absolute atomic E-state index is 0.213. The zero-order chi connectivity index (χ0) is 16.5. The quantitative estimate of drug-likeness (QED) is 0.831.